The topological polar surface area (TPSA) is 41.3 Å². The quantitative estimate of drug-likeness (QED) is 0.810. The molecule has 22 heavy (non-hydrogen) atoms. The second-order valence-corrected chi connectivity index (χ2v) is 5.58. The van der Waals surface area contributed by atoms with Gasteiger partial charge in [-0.1, -0.05) is 49.3 Å². The monoisotopic (exact) mass is 301 g/mol. The van der Waals surface area contributed by atoms with E-state index in [-0.39, 0.29) is 0 Å². The van der Waals surface area contributed by atoms with Crippen LogP contribution in [0.25, 0.3) is 0 Å². The maximum absolute atomic E-state index is 5.23. The van der Waals surface area contributed by atoms with E-state index in [2.05, 4.69) is 59.6 Å². The minimum atomic E-state index is 0.386. The molecule has 4 nitrogen and oxygen atoms in total. The number of nitrogens with one attached hydrogen (secondary N) is 1. The molecule has 1 heterocycles. The van der Waals surface area contributed by atoms with Gasteiger partial charge in [0.15, 0.2) is 0 Å². The van der Waals surface area contributed by atoms with Gasteiger partial charge in [-0.25, -0.2) is 0 Å². The fraction of sp³-hybridized carbons (Fsp3) is 0.500. The Labute approximate surface area is 133 Å². The smallest absolute Gasteiger partial charge is 0.138 e. The van der Waals surface area contributed by atoms with E-state index >= 15 is 0 Å². The fourth-order valence-corrected chi connectivity index (χ4v) is 2.89. The summed E-state index contributed by atoms with van der Waals surface area (Å²) in [5, 5.41) is 7.59. The molecule has 1 N–H and O–H groups in total. The van der Waals surface area contributed by atoms with Crippen molar-refractivity contribution in [2.75, 3.05) is 19.6 Å². The highest BCUT2D eigenvalue weighted by atomic mass is 16.5. The van der Waals surface area contributed by atoms with Crippen molar-refractivity contribution in [3.63, 3.8) is 0 Å². The lowest BCUT2D eigenvalue weighted by atomic mass is 10.0. The Kier molecular flexibility index (Phi) is 6.16. The Morgan fingerprint density at radius 3 is 2.36 bits per heavy atom. The van der Waals surface area contributed by atoms with Gasteiger partial charge in [0.25, 0.3) is 0 Å². The minimum Gasteiger partial charge on any atom is -0.361 e. The number of hydrogen-bond acceptors (Lipinski definition) is 4. The highest BCUT2D eigenvalue weighted by molar-refractivity contribution is 5.21. The van der Waals surface area contributed by atoms with Crippen molar-refractivity contribution < 1.29 is 4.52 Å². The van der Waals surface area contributed by atoms with Crippen molar-refractivity contribution in [2.24, 2.45) is 0 Å². The van der Waals surface area contributed by atoms with Crippen LogP contribution in [0.3, 0.4) is 0 Å². The number of hydrogen-bond donors (Lipinski definition) is 1. The number of aromatic nitrogens is 1. The Bertz CT molecular complexity index is 541. The molecule has 1 unspecified atom stereocenters. The van der Waals surface area contributed by atoms with Crippen LogP contribution in [0.15, 0.2) is 34.9 Å². The number of aryl methyl sites for hydroxylation is 2. The number of benzene rings is 1. The van der Waals surface area contributed by atoms with Crippen molar-refractivity contribution in [3.05, 3.63) is 52.9 Å². The van der Waals surface area contributed by atoms with E-state index in [0.29, 0.717) is 6.04 Å². The molecule has 0 bridgehead atoms. The maximum Gasteiger partial charge on any atom is 0.138 e. The molecule has 2 aromatic rings. The third-order valence-corrected chi connectivity index (χ3v) is 4.26. The maximum atomic E-state index is 5.23. The first-order chi connectivity index (χ1) is 10.7. The van der Waals surface area contributed by atoms with E-state index in [1.165, 1.54) is 11.1 Å². The lowest BCUT2D eigenvalue weighted by Gasteiger charge is -2.30. The lowest BCUT2D eigenvalue weighted by Crippen LogP contribution is -2.35. The predicted molar refractivity (Wildman–Crippen MR) is 89.8 cm³/mol. The molecule has 0 saturated carbocycles. The van der Waals surface area contributed by atoms with Crippen LogP contribution in [-0.4, -0.2) is 29.7 Å². The highest BCUT2D eigenvalue weighted by Gasteiger charge is 2.18. The van der Waals surface area contributed by atoms with Crippen molar-refractivity contribution in [1.29, 1.82) is 0 Å². The Hall–Kier alpha value is -1.65. The molecule has 0 radical (unpaired) electrons. The molecule has 0 fully saturated rings. The summed E-state index contributed by atoms with van der Waals surface area (Å²) >= 11 is 0. The first-order valence-electron chi connectivity index (χ1n) is 8.08. The molecule has 2 rings (SSSR count). The summed E-state index contributed by atoms with van der Waals surface area (Å²) < 4.78 is 5.23. The SMILES string of the molecule is CCN(CC)C(CNCc1c(C)noc1C)c1ccccc1. The minimum absolute atomic E-state index is 0.386. The van der Waals surface area contributed by atoms with Gasteiger partial charge in [-0.3, -0.25) is 4.90 Å². The summed E-state index contributed by atoms with van der Waals surface area (Å²) in [6.45, 7) is 12.2. The summed E-state index contributed by atoms with van der Waals surface area (Å²) in [6.07, 6.45) is 0. The van der Waals surface area contributed by atoms with Crippen molar-refractivity contribution in [2.45, 2.75) is 40.3 Å². The summed E-state index contributed by atoms with van der Waals surface area (Å²) in [5.41, 5.74) is 3.51. The van der Waals surface area contributed by atoms with Crippen molar-refractivity contribution in [1.82, 2.24) is 15.4 Å². The van der Waals surface area contributed by atoms with Gasteiger partial charge in [0.05, 0.1) is 5.69 Å². The van der Waals surface area contributed by atoms with Crippen molar-refractivity contribution >= 4 is 0 Å². The molecule has 1 aromatic heterocycles. The van der Waals surface area contributed by atoms with E-state index in [4.69, 9.17) is 4.52 Å². The van der Waals surface area contributed by atoms with Gasteiger partial charge in [0, 0.05) is 24.7 Å². The van der Waals surface area contributed by atoms with Gasteiger partial charge in [0.1, 0.15) is 5.76 Å². The van der Waals surface area contributed by atoms with E-state index in [1.807, 2.05) is 13.8 Å². The first kappa shape index (κ1) is 16.7. The first-order valence-corrected chi connectivity index (χ1v) is 8.08. The molecular formula is C18H27N3O. The van der Waals surface area contributed by atoms with Crippen LogP contribution < -0.4 is 5.32 Å². The Balaban J connectivity index is 2.04. The zero-order valence-corrected chi connectivity index (χ0v) is 14.1. The largest absolute Gasteiger partial charge is 0.361 e. The van der Waals surface area contributed by atoms with Gasteiger partial charge >= 0.3 is 0 Å². The van der Waals surface area contributed by atoms with Crippen LogP contribution in [0.1, 0.15) is 42.5 Å². The second kappa shape index (κ2) is 8.11. The molecule has 0 spiro atoms. The number of likely N-dealkylation sites (N-methyl/N-ethyl adjacent to an activating group) is 1. The van der Waals surface area contributed by atoms with Gasteiger partial charge in [0.2, 0.25) is 0 Å². The average Bonchev–Trinajstić information content (AvgIpc) is 2.87. The lowest BCUT2D eigenvalue weighted by molar-refractivity contribution is 0.213. The van der Waals surface area contributed by atoms with Gasteiger partial charge in [-0.05, 0) is 32.5 Å². The molecule has 0 saturated heterocycles. The molecule has 4 heteroatoms. The van der Waals surface area contributed by atoms with Crippen LogP contribution >= 0.6 is 0 Å². The van der Waals surface area contributed by atoms with Gasteiger partial charge < -0.3 is 9.84 Å². The molecule has 0 aliphatic rings. The number of nitrogens with zero attached hydrogens (tertiary/aromatic N) is 2. The molecule has 0 aliphatic carbocycles. The molecular weight excluding hydrogens is 274 g/mol. The predicted octanol–water partition coefficient (Wildman–Crippen LogP) is 3.46. The standard InChI is InChI=1S/C18H27N3O/c1-5-21(6-2)18(16-10-8-7-9-11-16)13-19-12-17-14(3)20-22-15(17)4/h7-11,18-19H,5-6,12-13H2,1-4H3. The summed E-state index contributed by atoms with van der Waals surface area (Å²) in [5.74, 6) is 0.907. The zero-order chi connectivity index (χ0) is 15.9. The Morgan fingerprint density at radius 2 is 1.82 bits per heavy atom. The van der Waals surface area contributed by atoms with Crippen LogP contribution in [-0.2, 0) is 6.54 Å². The van der Waals surface area contributed by atoms with Gasteiger partial charge in [-0.15, -0.1) is 0 Å². The fourth-order valence-electron chi connectivity index (χ4n) is 2.89. The normalized spacial score (nSPS) is 12.8. The molecule has 0 aliphatic heterocycles. The van der Waals surface area contributed by atoms with Crippen LogP contribution in [0.2, 0.25) is 0 Å². The van der Waals surface area contributed by atoms with Crippen LogP contribution in [0, 0.1) is 13.8 Å². The van der Waals surface area contributed by atoms with Crippen molar-refractivity contribution in [3.8, 4) is 0 Å². The third-order valence-electron chi connectivity index (χ3n) is 4.26. The molecule has 1 aromatic carbocycles. The summed E-state index contributed by atoms with van der Waals surface area (Å²) in [6, 6.07) is 11.1. The van der Waals surface area contributed by atoms with E-state index in [0.717, 1.165) is 37.6 Å². The third kappa shape index (κ3) is 3.96. The average molecular weight is 301 g/mol. The van der Waals surface area contributed by atoms with Gasteiger partial charge in [-0.2, -0.15) is 0 Å². The van der Waals surface area contributed by atoms with Crippen LogP contribution in [0.4, 0.5) is 0 Å². The highest BCUT2D eigenvalue weighted by Crippen LogP contribution is 2.20. The Morgan fingerprint density at radius 1 is 1.14 bits per heavy atom. The molecule has 1 atom stereocenters. The van der Waals surface area contributed by atoms with E-state index in [9.17, 15) is 0 Å². The summed E-state index contributed by atoms with van der Waals surface area (Å²) in [7, 11) is 0. The van der Waals surface area contributed by atoms with E-state index in [1.54, 1.807) is 0 Å². The zero-order valence-electron chi connectivity index (χ0n) is 14.1. The molecule has 120 valence electrons. The summed E-state index contributed by atoms with van der Waals surface area (Å²) in [4.78, 5) is 2.48. The second-order valence-electron chi connectivity index (χ2n) is 5.58. The number of rotatable bonds is 8. The van der Waals surface area contributed by atoms with E-state index < -0.39 is 0 Å². The molecule has 0 amide bonds. The van der Waals surface area contributed by atoms with Crippen LogP contribution in [0.5, 0.6) is 0 Å².